The lowest BCUT2D eigenvalue weighted by Gasteiger charge is -2.23. The van der Waals surface area contributed by atoms with Crippen molar-refractivity contribution >= 4 is 21.4 Å². The number of carbonyl (C=O) groups excluding carboxylic acids is 1. The molecule has 1 amide bonds. The highest BCUT2D eigenvalue weighted by Gasteiger charge is 2.30. The highest BCUT2D eigenvalue weighted by Crippen LogP contribution is 2.26. The molecule has 1 aromatic carbocycles. The summed E-state index contributed by atoms with van der Waals surface area (Å²) < 4.78 is 53.6. The molecule has 2 N–H and O–H groups in total. The van der Waals surface area contributed by atoms with E-state index in [1.165, 1.54) is 18.2 Å². The van der Waals surface area contributed by atoms with E-state index >= 15 is 0 Å². The van der Waals surface area contributed by atoms with Gasteiger partial charge in [-0.05, 0) is 12.1 Å². The molecule has 9 heteroatoms. The van der Waals surface area contributed by atoms with Gasteiger partial charge in [0.1, 0.15) is 6.10 Å². The SMILES string of the molecule is O=C(Nc1ccccc1S(=O)(=O)C(F)F)C1CNCCO1. The molecular formula is C12H14F2N2O4S. The van der Waals surface area contributed by atoms with Crippen molar-refractivity contribution in [3.8, 4) is 0 Å². The molecule has 0 saturated carbocycles. The van der Waals surface area contributed by atoms with Gasteiger partial charge in [0, 0.05) is 13.1 Å². The van der Waals surface area contributed by atoms with Gasteiger partial charge >= 0.3 is 5.76 Å². The second-order valence-electron chi connectivity index (χ2n) is 4.35. The number of amides is 1. The molecule has 1 heterocycles. The summed E-state index contributed by atoms with van der Waals surface area (Å²) >= 11 is 0. The van der Waals surface area contributed by atoms with Crippen LogP contribution >= 0.6 is 0 Å². The van der Waals surface area contributed by atoms with Crippen molar-refractivity contribution in [3.05, 3.63) is 24.3 Å². The molecule has 6 nitrogen and oxygen atoms in total. The number of hydrogen-bond donors (Lipinski definition) is 2. The molecule has 21 heavy (non-hydrogen) atoms. The fourth-order valence-corrected chi connectivity index (χ4v) is 2.75. The Morgan fingerprint density at radius 1 is 1.38 bits per heavy atom. The Balaban J connectivity index is 2.23. The number of ether oxygens (including phenoxy) is 1. The van der Waals surface area contributed by atoms with Crippen LogP contribution in [0.4, 0.5) is 14.5 Å². The molecule has 1 aliphatic heterocycles. The van der Waals surface area contributed by atoms with Gasteiger partial charge in [-0.3, -0.25) is 4.79 Å². The maximum Gasteiger partial charge on any atom is 0.341 e. The van der Waals surface area contributed by atoms with Crippen LogP contribution in [-0.2, 0) is 19.4 Å². The summed E-state index contributed by atoms with van der Waals surface area (Å²) in [6, 6.07) is 5.03. The molecule has 2 rings (SSSR count). The van der Waals surface area contributed by atoms with E-state index in [4.69, 9.17) is 4.74 Å². The fourth-order valence-electron chi connectivity index (χ4n) is 1.86. The van der Waals surface area contributed by atoms with Gasteiger partial charge in [-0.15, -0.1) is 0 Å². The molecule has 0 bridgehead atoms. The molecule has 0 radical (unpaired) electrons. The summed E-state index contributed by atoms with van der Waals surface area (Å²) in [5.41, 5.74) is -0.183. The van der Waals surface area contributed by atoms with Gasteiger partial charge in [0.25, 0.3) is 5.91 Å². The molecule has 1 fully saturated rings. The first-order valence-electron chi connectivity index (χ1n) is 6.17. The Morgan fingerprint density at radius 2 is 2.10 bits per heavy atom. The Labute approximate surface area is 120 Å². The lowest BCUT2D eigenvalue weighted by molar-refractivity contribution is -0.128. The monoisotopic (exact) mass is 320 g/mol. The lowest BCUT2D eigenvalue weighted by Crippen LogP contribution is -2.45. The Kier molecular flexibility index (Phi) is 4.86. The first-order chi connectivity index (χ1) is 9.93. The number of para-hydroxylation sites is 1. The van der Waals surface area contributed by atoms with Crippen LogP contribution in [0.3, 0.4) is 0 Å². The maximum absolute atomic E-state index is 12.6. The molecule has 1 aromatic rings. The largest absolute Gasteiger partial charge is 0.366 e. The van der Waals surface area contributed by atoms with E-state index in [1.807, 2.05) is 0 Å². The molecule has 0 spiro atoms. The van der Waals surface area contributed by atoms with Crippen molar-refractivity contribution in [1.82, 2.24) is 5.32 Å². The second-order valence-corrected chi connectivity index (χ2v) is 6.24. The van der Waals surface area contributed by atoms with E-state index in [2.05, 4.69) is 10.6 Å². The molecule has 1 aliphatic rings. The average molecular weight is 320 g/mol. The van der Waals surface area contributed by atoms with Crippen LogP contribution in [0.5, 0.6) is 0 Å². The van der Waals surface area contributed by atoms with Gasteiger partial charge in [-0.1, -0.05) is 12.1 Å². The minimum Gasteiger partial charge on any atom is -0.366 e. The van der Waals surface area contributed by atoms with E-state index in [0.29, 0.717) is 13.2 Å². The Morgan fingerprint density at radius 3 is 2.71 bits per heavy atom. The number of halogens is 2. The number of morpholine rings is 1. The summed E-state index contributed by atoms with van der Waals surface area (Å²) in [5.74, 6) is -4.14. The van der Waals surface area contributed by atoms with E-state index < -0.39 is 32.5 Å². The smallest absolute Gasteiger partial charge is 0.341 e. The number of benzene rings is 1. The van der Waals surface area contributed by atoms with Crippen LogP contribution in [0.25, 0.3) is 0 Å². The van der Waals surface area contributed by atoms with Gasteiger partial charge in [-0.25, -0.2) is 8.42 Å². The standard InChI is InChI=1S/C12H14F2N2O4S/c13-12(14)21(18,19)10-4-2-1-3-8(10)16-11(17)9-7-15-5-6-20-9/h1-4,9,12,15H,5-7H2,(H,16,17). The summed E-state index contributed by atoms with van der Waals surface area (Å²) in [7, 11) is -4.79. The minimum atomic E-state index is -4.79. The number of anilines is 1. The van der Waals surface area contributed by atoms with Gasteiger partial charge in [0.2, 0.25) is 9.84 Å². The van der Waals surface area contributed by atoms with Crippen LogP contribution in [0, 0.1) is 0 Å². The highest BCUT2D eigenvalue weighted by molar-refractivity contribution is 7.91. The summed E-state index contributed by atoms with van der Waals surface area (Å²) in [6.07, 6.45) is -0.791. The Hall–Kier alpha value is -1.58. The number of alkyl halides is 2. The van der Waals surface area contributed by atoms with Crippen molar-refractivity contribution in [2.75, 3.05) is 25.0 Å². The van der Waals surface area contributed by atoms with Crippen LogP contribution in [0.15, 0.2) is 29.2 Å². The van der Waals surface area contributed by atoms with Crippen molar-refractivity contribution in [3.63, 3.8) is 0 Å². The molecule has 116 valence electrons. The molecule has 1 saturated heterocycles. The second kappa shape index (κ2) is 6.46. The van der Waals surface area contributed by atoms with Crippen molar-refractivity contribution in [2.45, 2.75) is 16.8 Å². The Bertz CT molecular complexity index is 615. The quantitative estimate of drug-likeness (QED) is 0.849. The molecule has 0 aliphatic carbocycles. The minimum absolute atomic E-state index is 0.183. The topological polar surface area (TPSA) is 84.5 Å². The first kappa shape index (κ1) is 15.8. The van der Waals surface area contributed by atoms with Crippen LogP contribution in [0.2, 0.25) is 0 Å². The lowest BCUT2D eigenvalue weighted by atomic mass is 10.2. The summed E-state index contributed by atoms with van der Waals surface area (Å²) in [6.45, 7) is 1.23. The molecule has 1 unspecified atom stereocenters. The number of rotatable bonds is 4. The van der Waals surface area contributed by atoms with Gasteiger partial charge < -0.3 is 15.4 Å². The average Bonchev–Trinajstić information content (AvgIpc) is 2.48. The van der Waals surface area contributed by atoms with Crippen LogP contribution in [-0.4, -0.2) is 45.9 Å². The third-order valence-corrected chi connectivity index (χ3v) is 4.34. The third-order valence-electron chi connectivity index (χ3n) is 2.91. The van der Waals surface area contributed by atoms with E-state index in [-0.39, 0.29) is 12.2 Å². The first-order valence-corrected chi connectivity index (χ1v) is 7.72. The predicted octanol–water partition coefficient (Wildman–Crippen LogP) is 0.610. The van der Waals surface area contributed by atoms with Crippen molar-refractivity contribution in [2.24, 2.45) is 0 Å². The van der Waals surface area contributed by atoms with Crippen LogP contribution < -0.4 is 10.6 Å². The number of sulfone groups is 1. The predicted molar refractivity (Wildman–Crippen MR) is 70.9 cm³/mol. The molecule has 0 aromatic heterocycles. The zero-order chi connectivity index (χ0) is 15.5. The number of nitrogens with one attached hydrogen (secondary N) is 2. The van der Waals surface area contributed by atoms with Gasteiger partial charge in [0.05, 0.1) is 17.2 Å². The fraction of sp³-hybridized carbons (Fsp3) is 0.417. The number of carbonyl (C=O) groups is 1. The summed E-state index contributed by atoms with van der Waals surface area (Å²) in [5, 5.41) is 5.27. The molecule has 1 atom stereocenters. The van der Waals surface area contributed by atoms with E-state index in [0.717, 1.165) is 6.07 Å². The maximum atomic E-state index is 12.6. The van der Waals surface area contributed by atoms with Gasteiger partial charge in [-0.2, -0.15) is 8.78 Å². The summed E-state index contributed by atoms with van der Waals surface area (Å²) in [4.78, 5) is 11.3. The van der Waals surface area contributed by atoms with E-state index in [9.17, 15) is 22.0 Å². The normalized spacial score (nSPS) is 19.5. The third kappa shape index (κ3) is 3.55. The van der Waals surface area contributed by atoms with Crippen molar-refractivity contribution in [1.29, 1.82) is 0 Å². The van der Waals surface area contributed by atoms with Crippen molar-refractivity contribution < 1.29 is 26.7 Å². The molecular weight excluding hydrogens is 306 g/mol. The van der Waals surface area contributed by atoms with Gasteiger partial charge in [0.15, 0.2) is 0 Å². The zero-order valence-electron chi connectivity index (χ0n) is 10.9. The zero-order valence-corrected chi connectivity index (χ0v) is 11.7. The van der Waals surface area contributed by atoms with Crippen LogP contribution in [0.1, 0.15) is 0 Å². The highest BCUT2D eigenvalue weighted by atomic mass is 32.2. The van der Waals surface area contributed by atoms with E-state index in [1.54, 1.807) is 0 Å². The number of hydrogen-bond acceptors (Lipinski definition) is 5.